The van der Waals surface area contributed by atoms with Crippen LogP contribution >= 0.6 is 0 Å². The molecule has 0 aromatic heterocycles. The largest absolute Gasteiger partial charge is 0.481 e. The minimum Gasteiger partial charge on any atom is -0.481 e. The number of carbonyl (C=O) groups is 2. The number of aliphatic hydroxyl groups excluding tert-OH is 1. The maximum atomic E-state index is 11.5. The molecule has 1 unspecified atom stereocenters. The van der Waals surface area contributed by atoms with Crippen LogP contribution in [0.4, 0.5) is 0 Å². The minimum absolute atomic E-state index is 0. The van der Waals surface area contributed by atoms with Crippen LogP contribution in [0, 0.1) is 20.8 Å². The standard InChI is InChI=1S/C10H15O4.2CH2/c11-8-5-3-1-2-4-7(10(8)14)6-9(12)13;;/h8,11H,1-6H2,(H,12,13);2*1H2. The van der Waals surface area contributed by atoms with E-state index in [1.807, 2.05) is 0 Å². The second-order valence-corrected chi connectivity index (χ2v) is 3.65. The van der Waals surface area contributed by atoms with Crippen molar-refractivity contribution < 1.29 is 19.8 Å². The van der Waals surface area contributed by atoms with Gasteiger partial charge < -0.3 is 10.2 Å². The summed E-state index contributed by atoms with van der Waals surface area (Å²) < 4.78 is 0. The number of hydrogen-bond donors (Lipinski definition) is 2. The summed E-state index contributed by atoms with van der Waals surface area (Å²) in [5.74, 6) is -1.00. The molecule has 0 saturated heterocycles. The number of aliphatic hydroxyl groups is 1. The average Bonchev–Trinajstić information content (AvgIpc) is 2.11. The fourth-order valence-corrected chi connectivity index (χ4v) is 1.70. The molecule has 16 heavy (non-hydrogen) atoms. The van der Waals surface area contributed by atoms with Gasteiger partial charge in [-0.1, -0.05) is 34.1 Å². The molecule has 0 aromatic rings. The summed E-state index contributed by atoms with van der Waals surface area (Å²) in [5, 5.41) is 18.0. The van der Waals surface area contributed by atoms with Crippen LogP contribution in [-0.4, -0.2) is 28.1 Å². The van der Waals surface area contributed by atoms with Crippen molar-refractivity contribution in [1.29, 1.82) is 0 Å². The predicted molar refractivity (Wildman–Crippen MR) is 60.3 cm³/mol. The normalized spacial score (nSPS) is 22.3. The van der Waals surface area contributed by atoms with E-state index in [1.54, 1.807) is 0 Å². The van der Waals surface area contributed by atoms with E-state index in [-0.39, 0.29) is 27.1 Å². The number of rotatable bonds is 2. The molecule has 0 amide bonds. The minimum atomic E-state index is -0.999. The predicted octanol–water partition coefficient (Wildman–Crippen LogP) is 1.58. The molecule has 0 bridgehead atoms. The molecule has 4 nitrogen and oxygen atoms in total. The van der Waals surface area contributed by atoms with Crippen molar-refractivity contribution in [1.82, 2.24) is 0 Å². The van der Waals surface area contributed by atoms with Gasteiger partial charge in [0.1, 0.15) is 6.10 Å². The first kappa shape index (κ1) is 17.5. The Balaban J connectivity index is 0. The van der Waals surface area contributed by atoms with Gasteiger partial charge in [-0.25, -0.2) is 0 Å². The monoisotopic (exact) mass is 227 g/mol. The highest BCUT2D eigenvalue weighted by Gasteiger charge is 2.28. The smallest absolute Gasteiger partial charge is 0.304 e. The summed E-state index contributed by atoms with van der Waals surface area (Å²) in [6.07, 6.45) is 2.41. The fourth-order valence-electron chi connectivity index (χ4n) is 1.70. The zero-order chi connectivity index (χ0) is 10.6. The topological polar surface area (TPSA) is 74.6 Å². The molecule has 1 fully saturated rings. The van der Waals surface area contributed by atoms with Crippen molar-refractivity contribution in [2.24, 2.45) is 0 Å². The molecular formula is C12H19O4. The van der Waals surface area contributed by atoms with Crippen LogP contribution in [0.1, 0.15) is 38.5 Å². The second-order valence-electron chi connectivity index (χ2n) is 3.65. The molecule has 1 aliphatic carbocycles. The lowest BCUT2D eigenvalue weighted by atomic mass is 9.86. The fraction of sp³-hybridized carbons (Fsp3) is 0.583. The highest BCUT2D eigenvalue weighted by Crippen LogP contribution is 2.24. The van der Waals surface area contributed by atoms with Crippen molar-refractivity contribution in [3.63, 3.8) is 0 Å². The van der Waals surface area contributed by atoms with Crippen molar-refractivity contribution in [2.45, 2.75) is 44.6 Å². The summed E-state index contributed by atoms with van der Waals surface area (Å²) >= 11 is 0. The first-order valence-corrected chi connectivity index (χ1v) is 4.90. The van der Waals surface area contributed by atoms with E-state index in [1.165, 1.54) is 0 Å². The highest BCUT2D eigenvalue weighted by atomic mass is 16.4. The van der Waals surface area contributed by atoms with E-state index in [0.717, 1.165) is 19.3 Å². The van der Waals surface area contributed by atoms with Crippen LogP contribution < -0.4 is 0 Å². The number of carbonyl (C=O) groups excluding carboxylic acids is 1. The lowest BCUT2D eigenvalue weighted by Crippen LogP contribution is -2.29. The molecule has 0 aromatic carbocycles. The number of carboxylic acid groups (broad SMARTS) is 1. The Morgan fingerprint density at radius 2 is 1.88 bits per heavy atom. The molecule has 5 radical (unpaired) electrons. The lowest BCUT2D eigenvalue weighted by Gasteiger charge is -2.19. The number of Topliss-reactive ketones (excluding diaryl/α,β-unsaturated/α-hetero) is 1. The van der Waals surface area contributed by atoms with Crippen LogP contribution in [0.3, 0.4) is 0 Å². The van der Waals surface area contributed by atoms with Crippen LogP contribution in [0.5, 0.6) is 0 Å². The molecule has 1 aliphatic rings. The Kier molecular flexibility index (Phi) is 9.05. The summed E-state index contributed by atoms with van der Waals surface area (Å²) in [6, 6.07) is 0. The second kappa shape index (κ2) is 8.28. The summed E-state index contributed by atoms with van der Waals surface area (Å²) in [5.41, 5.74) is 0. The zero-order valence-corrected chi connectivity index (χ0v) is 9.45. The molecule has 0 spiro atoms. The van der Waals surface area contributed by atoms with Crippen molar-refractivity contribution in [3.8, 4) is 0 Å². The van der Waals surface area contributed by atoms with Gasteiger partial charge >= 0.3 is 5.97 Å². The maximum absolute atomic E-state index is 11.5. The number of carboxylic acids is 1. The van der Waals surface area contributed by atoms with Crippen molar-refractivity contribution >= 4 is 11.8 Å². The van der Waals surface area contributed by atoms with Gasteiger partial charge in [-0.3, -0.25) is 9.59 Å². The van der Waals surface area contributed by atoms with E-state index in [9.17, 15) is 14.7 Å². The van der Waals surface area contributed by atoms with E-state index >= 15 is 0 Å². The van der Waals surface area contributed by atoms with Gasteiger partial charge in [-0.15, -0.1) is 0 Å². The van der Waals surface area contributed by atoms with Crippen LogP contribution in [0.2, 0.25) is 0 Å². The van der Waals surface area contributed by atoms with Gasteiger partial charge in [-0.05, 0) is 12.8 Å². The van der Waals surface area contributed by atoms with E-state index < -0.39 is 12.1 Å². The van der Waals surface area contributed by atoms with Crippen molar-refractivity contribution in [2.75, 3.05) is 0 Å². The molecule has 1 atom stereocenters. The van der Waals surface area contributed by atoms with Gasteiger partial charge in [0.25, 0.3) is 0 Å². The third-order valence-electron chi connectivity index (χ3n) is 2.47. The Morgan fingerprint density at radius 3 is 2.44 bits per heavy atom. The van der Waals surface area contributed by atoms with Gasteiger partial charge in [0.15, 0.2) is 5.78 Å². The van der Waals surface area contributed by atoms with E-state index in [0.29, 0.717) is 18.8 Å². The number of hydrogen-bond acceptors (Lipinski definition) is 3. The highest BCUT2D eigenvalue weighted by molar-refractivity contribution is 5.98. The lowest BCUT2D eigenvalue weighted by molar-refractivity contribution is -0.138. The maximum Gasteiger partial charge on any atom is 0.304 e. The molecule has 0 heterocycles. The summed E-state index contributed by atoms with van der Waals surface area (Å²) in [4.78, 5) is 21.9. The Hall–Kier alpha value is -0.900. The van der Waals surface area contributed by atoms with Gasteiger partial charge in [0.05, 0.1) is 12.3 Å². The van der Waals surface area contributed by atoms with Crippen LogP contribution in [0.15, 0.2) is 0 Å². The van der Waals surface area contributed by atoms with Crippen molar-refractivity contribution in [3.05, 3.63) is 20.8 Å². The quantitative estimate of drug-likeness (QED) is 0.751. The summed E-state index contributed by atoms with van der Waals surface area (Å²) in [6.45, 7) is 0. The SMILES string of the molecule is O=C(O)C[C]1CCCCCC(O)C1=O.[CH2].[CH2]. The third-order valence-corrected chi connectivity index (χ3v) is 2.47. The van der Waals surface area contributed by atoms with Crippen LogP contribution in [0.25, 0.3) is 0 Å². The molecule has 0 aliphatic heterocycles. The number of ketones is 1. The first-order valence-electron chi connectivity index (χ1n) is 4.90. The Morgan fingerprint density at radius 1 is 1.25 bits per heavy atom. The first-order chi connectivity index (χ1) is 6.61. The van der Waals surface area contributed by atoms with Gasteiger partial charge in [-0.2, -0.15) is 0 Å². The zero-order valence-electron chi connectivity index (χ0n) is 9.45. The average molecular weight is 227 g/mol. The molecule has 1 saturated carbocycles. The third kappa shape index (κ3) is 5.26. The molecule has 2 N–H and O–H groups in total. The molecular weight excluding hydrogens is 208 g/mol. The summed E-state index contributed by atoms with van der Waals surface area (Å²) in [7, 11) is 0. The van der Waals surface area contributed by atoms with Crippen LogP contribution in [-0.2, 0) is 9.59 Å². The van der Waals surface area contributed by atoms with E-state index in [4.69, 9.17) is 5.11 Å². The number of aliphatic carboxylic acids is 1. The Bertz CT molecular complexity index is 225. The van der Waals surface area contributed by atoms with Gasteiger partial charge in [0.2, 0.25) is 0 Å². The van der Waals surface area contributed by atoms with Gasteiger partial charge in [0, 0.05) is 0 Å². The van der Waals surface area contributed by atoms with E-state index in [2.05, 4.69) is 0 Å². The molecule has 4 heteroatoms. The molecule has 91 valence electrons. The Labute approximate surface area is 97.7 Å². The molecule has 1 rings (SSSR count).